The van der Waals surface area contributed by atoms with Crippen molar-refractivity contribution in [1.82, 2.24) is 20.4 Å². The third-order valence-electron chi connectivity index (χ3n) is 4.83. The summed E-state index contributed by atoms with van der Waals surface area (Å²) in [6, 6.07) is 7.03. The molecule has 0 unspecified atom stereocenters. The fraction of sp³-hybridized carbons (Fsp3) is 0.286. The van der Waals surface area contributed by atoms with E-state index in [0.717, 1.165) is 12.8 Å². The van der Waals surface area contributed by atoms with Gasteiger partial charge in [0, 0.05) is 32.2 Å². The average molecular weight is 422 g/mol. The lowest BCUT2D eigenvalue weighted by atomic mass is 10.1. The van der Waals surface area contributed by atoms with Crippen molar-refractivity contribution in [1.29, 1.82) is 0 Å². The van der Waals surface area contributed by atoms with Crippen LogP contribution in [0.15, 0.2) is 35.0 Å². The fourth-order valence-electron chi connectivity index (χ4n) is 3.10. The molecule has 2 amide bonds. The summed E-state index contributed by atoms with van der Waals surface area (Å²) in [5, 5.41) is 12.6. The van der Waals surface area contributed by atoms with Gasteiger partial charge in [0.25, 0.3) is 5.91 Å². The highest BCUT2D eigenvalue weighted by Crippen LogP contribution is 2.37. The molecule has 4 rings (SSSR count). The molecule has 1 aliphatic carbocycles. The van der Waals surface area contributed by atoms with E-state index >= 15 is 0 Å². The molecule has 0 radical (unpaired) electrons. The van der Waals surface area contributed by atoms with Crippen LogP contribution >= 0.6 is 0 Å². The van der Waals surface area contributed by atoms with Crippen molar-refractivity contribution in [2.75, 3.05) is 24.8 Å². The van der Waals surface area contributed by atoms with E-state index in [2.05, 4.69) is 31.1 Å². The molecule has 10 heteroatoms. The zero-order valence-corrected chi connectivity index (χ0v) is 17.4. The number of hydrogen-bond acceptors (Lipinski definition) is 8. The van der Waals surface area contributed by atoms with E-state index in [9.17, 15) is 9.59 Å². The maximum atomic E-state index is 12.4. The molecule has 0 aliphatic heterocycles. The summed E-state index contributed by atoms with van der Waals surface area (Å²) >= 11 is 0. The normalized spacial score (nSPS) is 12.9. The summed E-state index contributed by atoms with van der Waals surface area (Å²) in [5.74, 6) is 1.30. The van der Waals surface area contributed by atoms with Crippen LogP contribution in [0.2, 0.25) is 0 Å². The minimum Gasteiger partial charge on any atom is -0.494 e. The maximum absolute atomic E-state index is 12.4. The predicted molar refractivity (Wildman–Crippen MR) is 113 cm³/mol. The first-order valence-corrected chi connectivity index (χ1v) is 9.78. The van der Waals surface area contributed by atoms with E-state index in [1.54, 1.807) is 19.1 Å². The lowest BCUT2D eigenvalue weighted by Gasteiger charge is -2.16. The molecular weight excluding hydrogens is 400 g/mol. The van der Waals surface area contributed by atoms with Gasteiger partial charge in [-0.2, -0.15) is 4.98 Å². The van der Waals surface area contributed by atoms with Crippen LogP contribution < -0.4 is 20.7 Å². The van der Waals surface area contributed by atoms with Crippen molar-refractivity contribution in [3.63, 3.8) is 0 Å². The van der Waals surface area contributed by atoms with Crippen LogP contribution in [-0.2, 0) is 4.79 Å². The first-order chi connectivity index (χ1) is 15.0. The van der Waals surface area contributed by atoms with E-state index in [-0.39, 0.29) is 17.7 Å². The Hall–Kier alpha value is -3.95. The standard InChI is InChI=1S/C21H22N6O4/c1-11-24-19(27-31-11)13-5-4-6-15(18(13)30-3)25-16-9-17(26-20(28)12-7-8-12)23-10-14(16)21(29)22-2/h4-6,9-10,12H,7-8H2,1-3H3,(H,22,29)(H2,23,25,26,28). The number of nitrogens with zero attached hydrogens (tertiary/aromatic N) is 3. The Morgan fingerprint density at radius 2 is 2.03 bits per heavy atom. The van der Waals surface area contributed by atoms with Crippen molar-refractivity contribution in [2.45, 2.75) is 19.8 Å². The van der Waals surface area contributed by atoms with Gasteiger partial charge in [0.15, 0.2) is 5.75 Å². The topological polar surface area (TPSA) is 131 Å². The van der Waals surface area contributed by atoms with Gasteiger partial charge in [-0.3, -0.25) is 9.59 Å². The molecule has 3 N–H and O–H groups in total. The average Bonchev–Trinajstić information content (AvgIpc) is 3.54. The largest absolute Gasteiger partial charge is 0.494 e. The molecule has 1 fully saturated rings. The van der Waals surface area contributed by atoms with Gasteiger partial charge >= 0.3 is 0 Å². The number of carbonyl (C=O) groups is 2. The number of methoxy groups -OCH3 is 1. The molecule has 2 aromatic heterocycles. The van der Waals surface area contributed by atoms with Gasteiger partial charge in [0.2, 0.25) is 17.6 Å². The summed E-state index contributed by atoms with van der Waals surface area (Å²) in [6.07, 6.45) is 3.18. The van der Waals surface area contributed by atoms with Crippen LogP contribution in [0, 0.1) is 12.8 Å². The monoisotopic (exact) mass is 422 g/mol. The highest BCUT2D eigenvalue weighted by Gasteiger charge is 2.30. The van der Waals surface area contributed by atoms with E-state index in [1.165, 1.54) is 20.4 Å². The second-order valence-electron chi connectivity index (χ2n) is 7.11. The zero-order chi connectivity index (χ0) is 22.0. The Balaban J connectivity index is 1.71. The molecule has 1 aromatic carbocycles. The number of pyridine rings is 1. The van der Waals surface area contributed by atoms with Gasteiger partial charge in [-0.15, -0.1) is 0 Å². The van der Waals surface area contributed by atoms with Crippen molar-refractivity contribution in [3.05, 3.63) is 41.9 Å². The SMILES string of the molecule is CNC(=O)c1cnc(NC(=O)C2CC2)cc1Nc1cccc(-c2noc(C)n2)c1OC. The van der Waals surface area contributed by atoms with Gasteiger partial charge in [0.05, 0.1) is 29.6 Å². The summed E-state index contributed by atoms with van der Waals surface area (Å²) in [5.41, 5.74) is 1.98. The second-order valence-corrected chi connectivity index (χ2v) is 7.11. The van der Waals surface area contributed by atoms with Crippen LogP contribution in [0.25, 0.3) is 11.4 Å². The number of aryl methyl sites for hydroxylation is 1. The number of anilines is 3. The lowest BCUT2D eigenvalue weighted by molar-refractivity contribution is -0.117. The van der Waals surface area contributed by atoms with Crippen molar-refractivity contribution in [2.24, 2.45) is 5.92 Å². The molecule has 0 spiro atoms. The van der Waals surface area contributed by atoms with Crippen LogP contribution in [-0.4, -0.2) is 41.1 Å². The molecule has 0 bridgehead atoms. The minimum absolute atomic E-state index is 0.0343. The van der Waals surface area contributed by atoms with E-state index in [1.807, 2.05) is 12.1 Å². The molecule has 160 valence electrons. The highest BCUT2D eigenvalue weighted by molar-refractivity contribution is 6.01. The predicted octanol–water partition coefficient (Wildman–Crippen LogP) is 2.90. The van der Waals surface area contributed by atoms with E-state index < -0.39 is 0 Å². The zero-order valence-electron chi connectivity index (χ0n) is 17.4. The minimum atomic E-state index is -0.320. The number of ether oxygens (including phenoxy) is 1. The Morgan fingerprint density at radius 1 is 1.23 bits per heavy atom. The molecular formula is C21H22N6O4. The Labute approximate surface area is 178 Å². The first kappa shape index (κ1) is 20.3. The Morgan fingerprint density at radius 3 is 2.68 bits per heavy atom. The summed E-state index contributed by atoms with van der Waals surface area (Å²) < 4.78 is 10.7. The van der Waals surface area contributed by atoms with Crippen molar-refractivity contribution < 1.29 is 18.8 Å². The molecule has 31 heavy (non-hydrogen) atoms. The Kier molecular flexibility index (Phi) is 5.52. The Bertz CT molecular complexity index is 1140. The van der Waals surface area contributed by atoms with Gasteiger partial charge < -0.3 is 25.2 Å². The summed E-state index contributed by atoms with van der Waals surface area (Å²) in [6.45, 7) is 1.70. The molecule has 10 nitrogen and oxygen atoms in total. The van der Waals surface area contributed by atoms with E-state index in [0.29, 0.717) is 45.8 Å². The quantitative estimate of drug-likeness (QED) is 0.530. The molecule has 3 aromatic rings. The van der Waals surface area contributed by atoms with Gasteiger partial charge in [-0.05, 0) is 25.0 Å². The van der Waals surface area contributed by atoms with Crippen LogP contribution in [0.5, 0.6) is 5.75 Å². The third-order valence-corrected chi connectivity index (χ3v) is 4.83. The number of amides is 2. The second kappa shape index (κ2) is 8.42. The molecule has 0 saturated heterocycles. The van der Waals surface area contributed by atoms with Crippen molar-refractivity contribution >= 4 is 29.0 Å². The van der Waals surface area contributed by atoms with Crippen molar-refractivity contribution in [3.8, 4) is 17.1 Å². The first-order valence-electron chi connectivity index (χ1n) is 9.78. The number of carbonyl (C=O) groups excluding carboxylic acids is 2. The lowest BCUT2D eigenvalue weighted by Crippen LogP contribution is -2.20. The molecule has 1 aliphatic rings. The van der Waals surface area contributed by atoms with Crippen LogP contribution in [0.1, 0.15) is 29.1 Å². The van der Waals surface area contributed by atoms with Gasteiger partial charge in [0.1, 0.15) is 5.82 Å². The number of para-hydroxylation sites is 1. The number of hydrogen-bond donors (Lipinski definition) is 3. The van der Waals surface area contributed by atoms with Crippen LogP contribution in [0.4, 0.5) is 17.2 Å². The number of benzene rings is 1. The van der Waals surface area contributed by atoms with Gasteiger partial charge in [-0.1, -0.05) is 11.2 Å². The number of rotatable bonds is 7. The molecule has 2 heterocycles. The fourth-order valence-corrected chi connectivity index (χ4v) is 3.10. The highest BCUT2D eigenvalue weighted by atomic mass is 16.5. The maximum Gasteiger partial charge on any atom is 0.254 e. The number of aromatic nitrogens is 3. The summed E-state index contributed by atoms with van der Waals surface area (Å²) in [7, 11) is 3.07. The number of nitrogens with one attached hydrogen (secondary N) is 3. The van der Waals surface area contributed by atoms with Crippen LogP contribution in [0.3, 0.4) is 0 Å². The summed E-state index contributed by atoms with van der Waals surface area (Å²) in [4.78, 5) is 33.0. The smallest absolute Gasteiger partial charge is 0.254 e. The van der Waals surface area contributed by atoms with E-state index in [4.69, 9.17) is 9.26 Å². The third kappa shape index (κ3) is 4.32. The molecule has 0 atom stereocenters. The molecule has 1 saturated carbocycles. The van der Waals surface area contributed by atoms with Gasteiger partial charge in [-0.25, -0.2) is 4.98 Å².